The molecular weight excluding hydrogens is 281 g/mol. The van der Waals surface area contributed by atoms with Gasteiger partial charge in [0.15, 0.2) is 0 Å². The number of halogens is 3. The molecule has 0 radical (unpaired) electrons. The molecule has 0 saturated heterocycles. The van der Waals surface area contributed by atoms with E-state index in [-0.39, 0.29) is 11.3 Å². The SMILES string of the molecule is CC1(C)C2CCC1(OS(=O)(=O)C(F)(F)F)C1(CC1)C2. The molecular formula is C12H17F3O3S. The first-order valence-electron chi connectivity index (χ1n) is 6.49. The molecule has 3 aliphatic carbocycles. The minimum Gasteiger partial charge on any atom is -0.255 e. The van der Waals surface area contributed by atoms with Crippen molar-refractivity contribution in [2.75, 3.05) is 0 Å². The van der Waals surface area contributed by atoms with E-state index < -0.39 is 26.6 Å². The summed E-state index contributed by atoms with van der Waals surface area (Å²) in [7, 11) is -5.53. The van der Waals surface area contributed by atoms with Crippen LogP contribution in [0.1, 0.15) is 46.0 Å². The predicted octanol–water partition coefficient (Wildman–Crippen LogP) is 3.21. The summed E-state index contributed by atoms with van der Waals surface area (Å²) in [5, 5.41) is 0. The van der Waals surface area contributed by atoms with Crippen molar-refractivity contribution in [1.82, 2.24) is 0 Å². The molecule has 3 nitrogen and oxygen atoms in total. The van der Waals surface area contributed by atoms with Crippen LogP contribution in [0.3, 0.4) is 0 Å². The van der Waals surface area contributed by atoms with Gasteiger partial charge in [-0.1, -0.05) is 13.8 Å². The lowest BCUT2D eigenvalue weighted by atomic mass is 9.74. The molecule has 0 aromatic rings. The van der Waals surface area contributed by atoms with Gasteiger partial charge >= 0.3 is 15.6 Å². The predicted molar refractivity (Wildman–Crippen MR) is 61.6 cm³/mol. The maximum Gasteiger partial charge on any atom is 0.523 e. The highest BCUT2D eigenvalue weighted by atomic mass is 32.2. The molecule has 3 saturated carbocycles. The largest absolute Gasteiger partial charge is 0.523 e. The van der Waals surface area contributed by atoms with E-state index in [2.05, 4.69) is 0 Å². The summed E-state index contributed by atoms with van der Waals surface area (Å²) in [6.45, 7) is 3.70. The highest BCUT2D eigenvalue weighted by molar-refractivity contribution is 7.87. The van der Waals surface area contributed by atoms with Gasteiger partial charge in [-0.15, -0.1) is 0 Å². The Balaban J connectivity index is 2.03. The maximum atomic E-state index is 12.6. The fourth-order valence-electron chi connectivity index (χ4n) is 4.56. The fraction of sp³-hybridized carbons (Fsp3) is 1.00. The second kappa shape index (κ2) is 3.30. The van der Waals surface area contributed by atoms with Gasteiger partial charge in [0.05, 0.1) is 5.60 Å². The molecule has 0 amide bonds. The van der Waals surface area contributed by atoms with Crippen LogP contribution in [0.2, 0.25) is 0 Å². The lowest BCUT2D eigenvalue weighted by Gasteiger charge is -2.41. The molecule has 1 spiro atoms. The minimum atomic E-state index is -5.53. The number of alkyl halides is 3. The van der Waals surface area contributed by atoms with Crippen LogP contribution in [0.4, 0.5) is 13.2 Å². The number of hydrogen-bond acceptors (Lipinski definition) is 3. The van der Waals surface area contributed by atoms with Gasteiger partial charge in [0, 0.05) is 5.41 Å². The van der Waals surface area contributed by atoms with Crippen molar-refractivity contribution in [3.8, 4) is 0 Å². The molecule has 0 heterocycles. The van der Waals surface area contributed by atoms with E-state index in [1.165, 1.54) is 0 Å². The van der Waals surface area contributed by atoms with Crippen LogP contribution >= 0.6 is 0 Å². The van der Waals surface area contributed by atoms with Crippen LogP contribution in [0.25, 0.3) is 0 Å². The summed E-state index contributed by atoms with van der Waals surface area (Å²) in [6, 6.07) is 0. The highest BCUT2D eigenvalue weighted by Crippen LogP contribution is 2.78. The van der Waals surface area contributed by atoms with Crippen molar-refractivity contribution in [3.05, 3.63) is 0 Å². The van der Waals surface area contributed by atoms with Crippen LogP contribution in [-0.4, -0.2) is 19.5 Å². The van der Waals surface area contributed by atoms with Crippen LogP contribution in [-0.2, 0) is 14.3 Å². The summed E-state index contributed by atoms with van der Waals surface area (Å²) in [5.74, 6) is 0.262. The molecule has 3 rings (SSSR count). The molecule has 3 fully saturated rings. The highest BCUT2D eigenvalue weighted by Gasteiger charge is 2.78. The smallest absolute Gasteiger partial charge is 0.255 e. The first-order valence-corrected chi connectivity index (χ1v) is 7.90. The summed E-state index contributed by atoms with van der Waals surface area (Å²) >= 11 is 0. The molecule has 7 heteroatoms. The Hall–Kier alpha value is -0.300. The van der Waals surface area contributed by atoms with Crippen molar-refractivity contribution in [1.29, 1.82) is 0 Å². The van der Waals surface area contributed by atoms with E-state index in [9.17, 15) is 21.6 Å². The van der Waals surface area contributed by atoms with Gasteiger partial charge in [-0.2, -0.15) is 21.6 Å². The summed E-state index contributed by atoms with van der Waals surface area (Å²) in [5.41, 5.74) is -7.34. The molecule has 0 aromatic carbocycles. The monoisotopic (exact) mass is 298 g/mol. The molecule has 110 valence electrons. The first-order chi connectivity index (χ1) is 8.48. The van der Waals surface area contributed by atoms with Crippen molar-refractivity contribution in [3.63, 3.8) is 0 Å². The maximum absolute atomic E-state index is 12.6. The number of rotatable bonds is 2. The third-order valence-electron chi connectivity index (χ3n) is 5.79. The Morgan fingerprint density at radius 1 is 1.16 bits per heavy atom. The van der Waals surface area contributed by atoms with Crippen molar-refractivity contribution < 1.29 is 25.8 Å². The second-order valence-electron chi connectivity index (χ2n) is 6.75. The lowest BCUT2D eigenvalue weighted by Crippen LogP contribution is -2.50. The van der Waals surface area contributed by atoms with Gasteiger partial charge in [0.1, 0.15) is 0 Å². The second-order valence-corrected chi connectivity index (χ2v) is 8.29. The van der Waals surface area contributed by atoms with E-state index >= 15 is 0 Å². The van der Waals surface area contributed by atoms with Crippen molar-refractivity contribution in [2.45, 2.75) is 57.1 Å². The average molecular weight is 298 g/mol. The number of fused-ring (bicyclic) bond motifs is 3. The molecule has 2 bridgehead atoms. The van der Waals surface area contributed by atoms with Gasteiger partial charge in [-0.3, -0.25) is 4.18 Å². The molecule has 3 aliphatic rings. The zero-order chi connectivity index (χ0) is 14.3. The van der Waals surface area contributed by atoms with Crippen LogP contribution in [0, 0.1) is 16.7 Å². The summed E-state index contributed by atoms with van der Waals surface area (Å²) in [4.78, 5) is 0. The Labute approximate surface area is 110 Å². The normalized spacial score (nSPS) is 38.9. The minimum absolute atomic E-state index is 0.262. The Morgan fingerprint density at radius 2 is 1.74 bits per heavy atom. The van der Waals surface area contributed by atoms with Gasteiger partial charge in [-0.25, -0.2) is 0 Å². The van der Waals surface area contributed by atoms with E-state index in [0.717, 1.165) is 25.7 Å². The quantitative estimate of drug-likeness (QED) is 0.581. The lowest BCUT2D eigenvalue weighted by molar-refractivity contribution is -0.0921. The summed E-state index contributed by atoms with van der Waals surface area (Å²) in [6.07, 6.45) is 3.52. The molecule has 0 aromatic heterocycles. The zero-order valence-corrected chi connectivity index (χ0v) is 11.7. The van der Waals surface area contributed by atoms with Crippen molar-refractivity contribution >= 4 is 10.1 Å². The molecule has 0 aliphatic heterocycles. The topological polar surface area (TPSA) is 43.4 Å². The molecule has 19 heavy (non-hydrogen) atoms. The van der Waals surface area contributed by atoms with Gasteiger partial charge in [0.25, 0.3) is 0 Å². The Morgan fingerprint density at radius 3 is 2.16 bits per heavy atom. The van der Waals surface area contributed by atoms with Gasteiger partial charge in [0.2, 0.25) is 0 Å². The van der Waals surface area contributed by atoms with E-state index in [4.69, 9.17) is 4.18 Å². The molecule has 2 unspecified atom stereocenters. The third-order valence-corrected chi connectivity index (χ3v) is 6.86. The van der Waals surface area contributed by atoms with Crippen LogP contribution in [0.5, 0.6) is 0 Å². The van der Waals surface area contributed by atoms with Gasteiger partial charge < -0.3 is 0 Å². The Kier molecular flexibility index (Phi) is 2.37. The molecule has 2 atom stereocenters. The van der Waals surface area contributed by atoms with Gasteiger partial charge in [-0.05, 0) is 43.4 Å². The third kappa shape index (κ3) is 1.46. The van der Waals surface area contributed by atoms with E-state index in [1.807, 2.05) is 13.8 Å². The van der Waals surface area contributed by atoms with E-state index in [1.54, 1.807) is 0 Å². The molecule has 0 N–H and O–H groups in total. The van der Waals surface area contributed by atoms with Crippen LogP contribution in [0.15, 0.2) is 0 Å². The Bertz CT molecular complexity index is 519. The number of hydrogen-bond donors (Lipinski definition) is 0. The first kappa shape index (κ1) is 13.7. The summed E-state index contributed by atoms with van der Waals surface area (Å²) < 4.78 is 65.6. The average Bonchev–Trinajstić information content (AvgIpc) is 2.92. The van der Waals surface area contributed by atoms with Crippen LogP contribution < -0.4 is 0 Å². The standard InChI is InChI=1S/C12H17F3O3S/c1-9(2)8-3-4-11(9,10(7-8)5-6-10)18-19(16,17)12(13,14)15/h8H,3-7H2,1-2H3. The fourth-order valence-corrected chi connectivity index (χ4v) is 5.51. The van der Waals surface area contributed by atoms with Crippen molar-refractivity contribution in [2.24, 2.45) is 16.7 Å². The van der Waals surface area contributed by atoms with E-state index in [0.29, 0.717) is 6.42 Å². The zero-order valence-electron chi connectivity index (χ0n) is 10.9.